The molecule has 1 aromatic heterocycles. The zero-order valence-electron chi connectivity index (χ0n) is 7.46. The van der Waals surface area contributed by atoms with Gasteiger partial charge in [-0.1, -0.05) is 15.9 Å². The van der Waals surface area contributed by atoms with Crippen molar-refractivity contribution in [2.24, 2.45) is 0 Å². The van der Waals surface area contributed by atoms with Crippen molar-refractivity contribution in [1.82, 2.24) is 4.98 Å². The number of phosphoric acid groups is 1. The first-order valence-electron chi connectivity index (χ1n) is 3.87. The molecule has 0 bridgehead atoms. The Balaban J connectivity index is 0.000000195. The average molecular weight is 294 g/mol. The standard InChI is InChI=1S/C8H6BrN.H3O4P/c9-7-1-2-8-6(5-7)3-4-10-8;1-5(2,3)4/h1-5,10H;(H3,1,2,3,4). The summed E-state index contributed by atoms with van der Waals surface area (Å²) >= 11 is 3.40. The van der Waals surface area contributed by atoms with Gasteiger partial charge in [-0.05, 0) is 24.3 Å². The second-order valence-electron chi connectivity index (χ2n) is 2.72. The number of halogens is 1. The van der Waals surface area contributed by atoms with Crippen molar-refractivity contribution in [3.8, 4) is 0 Å². The van der Waals surface area contributed by atoms with E-state index >= 15 is 0 Å². The monoisotopic (exact) mass is 293 g/mol. The molecule has 2 aromatic rings. The Morgan fingerprint density at radius 3 is 2.40 bits per heavy atom. The Hall–Kier alpha value is -0.650. The van der Waals surface area contributed by atoms with Crippen molar-refractivity contribution < 1.29 is 19.2 Å². The van der Waals surface area contributed by atoms with Crippen LogP contribution < -0.4 is 0 Å². The van der Waals surface area contributed by atoms with Gasteiger partial charge in [0.1, 0.15) is 0 Å². The molecule has 0 saturated carbocycles. The number of aromatic nitrogens is 1. The summed E-state index contributed by atoms with van der Waals surface area (Å²) in [5.74, 6) is 0. The molecular formula is C8H9BrNO4P. The second-order valence-corrected chi connectivity index (χ2v) is 4.66. The largest absolute Gasteiger partial charge is 0.466 e. The summed E-state index contributed by atoms with van der Waals surface area (Å²) in [5, 5.41) is 1.24. The van der Waals surface area contributed by atoms with Gasteiger partial charge in [-0.15, -0.1) is 0 Å². The maximum Gasteiger partial charge on any atom is 0.466 e. The highest BCUT2D eigenvalue weighted by Gasteiger charge is 2.00. The molecule has 0 unspecified atom stereocenters. The third-order valence-corrected chi connectivity index (χ3v) is 2.01. The fourth-order valence-corrected chi connectivity index (χ4v) is 1.40. The lowest BCUT2D eigenvalue weighted by atomic mass is 10.3. The summed E-state index contributed by atoms with van der Waals surface area (Å²) in [4.78, 5) is 24.7. The maximum atomic E-state index is 8.88. The molecule has 5 nitrogen and oxygen atoms in total. The average Bonchev–Trinajstić information content (AvgIpc) is 2.47. The predicted octanol–water partition coefficient (Wildman–Crippen LogP) is 2.00. The number of rotatable bonds is 0. The Kier molecular flexibility index (Phi) is 4.07. The number of aromatic amines is 1. The molecule has 1 heterocycles. The minimum atomic E-state index is -4.64. The van der Waals surface area contributed by atoms with Gasteiger partial charge in [-0.2, -0.15) is 0 Å². The second kappa shape index (κ2) is 4.92. The normalized spacial score (nSPS) is 10.9. The third kappa shape index (κ3) is 5.11. The molecule has 0 aliphatic heterocycles. The van der Waals surface area contributed by atoms with Crippen molar-refractivity contribution in [2.45, 2.75) is 0 Å². The molecule has 0 spiro atoms. The lowest BCUT2D eigenvalue weighted by molar-refractivity contribution is 0.275. The van der Waals surface area contributed by atoms with Crippen molar-refractivity contribution in [3.63, 3.8) is 0 Å². The fourth-order valence-electron chi connectivity index (χ4n) is 1.02. The maximum absolute atomic E-state index is 8.88. The minimum absolute atomic E-state index is 1.12. The van der Waals surface area contributed by atoms with E-state index in [1.807, 2.05) is 12.3 Å². The van der Waals surface area contributed by atoms with Crippen LogP contribution in [0.3, 0.4) is 0 Å². The van der Waals surface area contributed by atoms with Gasteiger partial charge in [-0.3, -0.25) is 0 Å². The van der Waals surface area contributed by atoms with Crippen LogP contribution >= 0.6 is 23.8 Å². The van der Waals surface area contributed by atoms with Crippen molar-refractivity contribution in [2.75, 3.05) is 0 Å². The Morgan fingerprint density at radius 2 is 1.80 bits per heavy atom. The molecule has 0 saturated heterocycles. The first kappa shape index (κ1) is 12.4. The molecule has 0 aliphatic rings. The summed E-state index contributed by atoms with van der Waals surface area (Å²) in [6, 6.07) is 8.23. The number of hydrogen-bond acceptors (Lipinski definition) is 1. The molecule has 4 N–H and O–H groups in total. The zero-order chi connectivity index (χ0) is 11.5. The van der Waals surface area contributed by atoms with Crippen molar-refractivity contribution >= 4 is 34.7 Å². The van der Waals surface area contributed by atoms with Gasteiger partial charge in [0.25, 0.3) is 0 Å². The molecular weight excluding hydrogens is 285 g/mol. The highest BCUT2D eigenvalue weighted by Crippen LogP contribution is 2.25. The van der Waals surface area contributed by atoms with E-state index in [4.69, 9.17) is 19.2 Å². The SMILES string of the molecule is Brc1ccc2[nH]ccc2c1.O=P(O)(O)O. The summed E-state index contributed by atoms with van der Waals surface area (Å²) in [6.07, 6.45) is 1.94. The van der Waals surface area contributed by atoms with E-state index in [1.165, 1.54) is 10.9 Å². The van der Waals surface area contributed by atoms with Gasteiger partial charge in [0.2, 0.25) is 0 Å². The Labute approximate surface area is 94.1 Å². The minimum Gasteiger partial charge on any atom is -0.361 e. The number of H-pyrrole nitrogens is 1. The van der Waals surface area contributed by atoms with E-state index in [1.54, 1.807) is 0 Å². The summed E-state index contributed by atoms with van der Waals surface area (Å²) in [7, 11) is -4.64. The topological polar surface area (TPSA) is 93.6 Å². The Bertz CT molecular complexity index is 484. The van der Waals surface area contributed by atoms with E-state index in [0.29, 0.717) is 0 Å². The van der Waals surface area contributed by atoms with E-state index < -0.39 is 7.82 Å². The number of benzene rings is 1. The lowest BCUT2D eigenvalue weighted by Gasteiger charge is -1.88. The first-order chi connectivity index (χ1) is 6.86. The zero-order valence-corrected chi connectivity index (χ0v) is 9.94. The lowest BCUT2D eigenvalue weighted by Crippen LogP contribution is -1.66. The third-order valence-electron chi connectivity index (χ3n) is 1.52. The quantitative estimate of drug-likeness (QED) is 0.559. The smallest absolute Gasteiger partial charge is 0.361 e. The van der Waals surface area contributed by atoms with Gasteiger partial charge in [0.15, 0.2) is 0 Å². The number of fused-ring (bicyclic) bond motifs is 1. The van der Waals surface area contributed by atoms with Crippen LogP contribution in [0.2, 0.25) is 0 Å². The molecule has 82 valence electrons. The highest BCUT2D eigenvalue weighted by atomic mass is 79.9. The summed E-state index contributed by atoms with van der Waals surface area (Å²) < 4.78 is 10.0. The summed E-state index contributed by atoms with van der Waals surface area (Å²) in [6.45, 7) is 0. The molecule has 0 radical (unpaired) electrons. The molecule has 0 aliphatic carbocycles. The Morgan fingerprint density at radius 1 is 1.20 bits per heavy atom. The van der Waals surface area contributed by atoms with Gasteiger partial charge in [0, 0.05) is 21.6 Å². The van der Waals surface area contributed by atoms with Crippen LogP contribution in [-0.4, -0.2) is 19.7 Å². The molecule has 15 heavy (non-hydrogen) atoms. The molecule has 1 aromatic carbocycles. The number of nitrogens with one attached hydrogen (secondary N) is 1. The van der Waals surface area contributed by atoms with E-state index in [0.717, 1.165) is 4.47 Å². The van der Waals surface area contributed by atoms with Crippen LogP contribution in [0.25, 0.3) is 10.9 Å². The van der Waals surface area contributed by atoms with Gasteiger partial charge in [-0.25, -0.2) is 4.57 Å². The van der Waals surface area contributed by atoms with Crippen LogP contribution in [0.4, 0.5) is 0 Å². The van der Waals surface area contributed by atoms with Crippen LogP contribution in [0.1, 0.15) is 0 Å². The predicted molar refractivity (Wildman–Crippen MR) is 60.3 cm³/mol. The fraction of sp³-hybridized carbons (Fsp3) is 0. The van der Waals surface area contributed by atoms with Gasteiger partial charge >= 0.3 is 7.82 Å². The van der Waals surface area contributed by atoms with E-state index in [9.17, 15) is 0 Å². The van der Waals surface area contributed by atoms with Crippen LogP contribution in [0, 0.1) is 0 Å². The van der Waals surface area contributed by atoms with Crippen LogP contribution in [0.5, 0.6) is 0 Å². The van der Waals surface area contributed by atoms with E-state index in [-0.39, 0.29) is 0 Å². The van der Waals surface area contributed by atoms with Crippen LogP contribution in [0.15, 0.2) is 34.9 Å². The molecule has 0 atom stereocenters. The van der Waals surface area contributed by atoms with Gasteiger partial charge < -0.3 is 19.7 Å². The first-order valence-corrected chi connectivity index (χ1v) is 6.23. The van der Waals surface area contributed by atoms with Gasteiger partial charge in [0.05, 0.1) is 0 Å². The van der Waals surface area contributed by atoms with Crippen LogP contribution in [-0.2, 0) is 4.57 Å². The highest BCUT2D eigenvalue weighted by molar-refractivity contribution is 9.10. The summed E-state index contributed by atoms with van der Waals surface area (Å²) in [5.41, 5.74) is 1.18. The molecule has 7 heteroatoms. The molecule has 0 amide bonds. The molecule has 2 rings (SSSR count). The molecule has 0 fully saturated rings. The van der Waals surface area contributed by atoms with Crippen molar-refractivity contribution in [3.05, 3.63) is 34.9 Å². The number of hydrogen-bond donors (Lipinski definition) is 4. The van der Waals surface area contributed by atoms with E-state index in [2.05, 4.69) is 39.1 Å². The van der Waals surface area contributed by atoms with Crippen molar-refractivity contribution in [1.29, 1.82) is 0 Å².